The highest BCUT2D eigenvalue weighted by Crippen LogP contribution is 2.39. The van der Waals surface area contributed by atoms with Crippen LogP contribution in [0.15, 0.2) is 41.2 Å². The largest absolute Gasteiger partial charge is 0.435 e. The first-order valence-electron chi connectivity index (χ1n) is 12.4. The molecule has 7 nitrogen and oxygen atoms in total. The molecule has 1 aromatic carbocycles. The van der Waals surface area contributed by atoms with E-state index in [4.69, 9.17) is 0 Å². The topological polar surface area (TPSA) is 80.1 Å². The van der Waals surface area contributed by atoms with Crippen molar-refractivity contribution in [3.63, 3.8) is 0 Å². The van der Waals surface area contributed by atoms with E-state index in [0.717, 1.165) is 42.9 Å². The Morgan fingerprint density at radius 2 is 1.92 bits per heavy atom. The number of thiazole rings is 1. The monoisotopic (exact) mass is 532 g/mol. The number of piperidine rings is 1. The van der Waals surface area contributed by atoms with Gasteiger partial charge in [0.15, 0.2) is 16.8 Å². The zero-order valence-electron chi connectivity index (χ0n) is 20.5. The molecule has 1 N–H and O–H groups in total. The summed E-state index contributed by atoms with van der Waals surface area (Å²) in [5.74, 6) is -0.404. The number of amides is 2. The zero-order chi connectivity index (χ0) is 26.2. The van der Waals surface area contributed by atoms with Gasteiger partial charge in [0.05, 0.1) is 6.04 Å². The molecule has 2 atom stereocenters. The maximum absolute atomic E-state index is 12.9. The van der Waals surface area contributed by atoms with E-state index in [0.29, 0.717) is 24.5 Å². The molecule has 5 rings (SSSR count). The van der Waals surface area contributed by atoms with Crippen molar-refractivity contribution in [3.05, 3.63) is 69.4 Å². The van der Waals surface area contributed by atoms with Crippen LogP contribution in [0.4, 0.5) is 13.2 Å². The molecule has 0 saturated carbocycles. The molecule has 196 valence electrons. The molecule has 3 heterocycles. The Morgan fingerprint density at radius 3 is 2.65 bits per heavy atom. The third kappa shape index (κ3) is 5.56. The molecule has 1 fully saturated rings. The van der Waals surface area contributed by atoms with Gasteiger partial charge in [-0.15, -0.1) is 0 Å². The summed E-state index contributed by atoms with van der Waals surface area (Å²) in [5.41, 5.74) is 4.06. The first-order chi connectivity index (χ1) is 17.7. The van der Waals surface area contributed by atoms with E-state index in [2.05, 4.69) is 27.5 Å². The van der Waals surface area contributed by atoms with Gasteiger partial charge >= 0.3 is 6.18 Å². The Bertz CT molecular complexity index is 1290. The van der Waals surface area contributed by atoms with Crippen LogP contribution in [-0.4, -0.2) is 44.6 Å². The highest BCUT2D eigenvalue weighted by molar-refractivity contribution is 7.28. The van der Waals surface area contributed by atoms with Crippen molar-refractivity contribution in [2.45, 2.75) is 63.0 Å². The average molecular weight is 533 g/mol. The van der Waals surface area contributed by atoms with Gasteiger partial charge in [-0.05, 0) is 43.4 Å². The van der Waals surface area contributed by atoms with Gasteiger partial charge in [-0.1, -0.05) is 24.3 Å². The standard InChI is InChI=1S/C26H28F3N5O2S/c1-17-13-23(26(27,28)29)32-34(17)14-24(35)33-11-9-19(10-12-33)37-15-22(30-16-37)25(36)31-21-8-4-6-18-5-2-3-7-20(18)21/h2-3,5,7,13,15-16,19,21H,4,6,8-12,14H2,1H3/p+1. The number of halogens is 3. The lowest BCUT2D eigenvalue weighted by Crippen LogP contribution is -2.39. The number of aryl methyl sites for hydroxylation is 2. The highest BCUT2D eigenvalue weighted by atomic mass is 32.2. The van der Waals surface area contributed by atoms with Crippen molar-refractivity contribution in [1.29, 1.82) is 0 Å². The van der Waals surface area contributed by atoms with E-state index in [1.165, 1.54) is 18.1 Å². The molecule has 0 bridgehead atoms. The predicted octanol–water partition coefficient (Wildman–Crippen LogP) is 5.03. The molecule has 3 aromatic rings. The molecule has 1 aliphatic carbocycles. The first-order valence-corrected chi connectivity index (χ1v) is 13.9. The Balaban J connectivity index is 1.15. The molecule has 0 spiro atoms. The Hall–Kier alpha value is -3.21. The van der Waals surface area contributed by atoms with E-state index in [1.807, 2.05) is 23.0 Å². The molecule has 2 aliphatic rings. The number of fused-ring (bicyclic) bond motifs is 1. The molecule has 11 heteroatoms. The van der Waals surface area contributed by atoms with Gasteiger partial charge in [-0.25, -0.2) is 0 Å². The number of nitrogens with zero attached hydrogens (tertiary/aromatic N) is 4. The maximum atomic E-state index is 12.9. The van der Waals surface area contributed by atoms with Crippen LogP contribution < -0.4 is 5.32 Å². The summed E-state index contributed by atoms with van der Waals surface area (Å²) in [4.78, 5) is 31.7. The van der Waals surface area contributed by atoms with Crippen LogP contribution in [0.25, 0.3) is 0 Å². The minimum Gasteiger partial charge on any atom is -0.344 e. The number of benzene rings is 1. The van der Waals surface area contributed by atoms with Crippen molar-refractivity contribution in [1.82, 2.24) is 25.0 Å². The summed E-state index contributed by atoms with van der Waals surface area (Å²) < 4.78 is 39.8. The van der Waals surface area contributed by atoms with Crippen molar-refractivity contribution >= 4 is 22.3 Å². The van der Waals surface area contributed by atoms with Crippen LogP contribution in [0.1, 0.15) is 70.0 Å². The number of carbonyl (C=O) groups excluding carboxylic acids is 2. The maximum Gasteiger partial charge on any atom is 0.435 e. The SMILES string of the molecule is Cc1cc(C(F)(F)F)nn1CC(=O)N1CCC([s+]2cnc(C(=O)NC3CCCc4ccccc43)c2)CC1. The highest BCUT2D eigenvalue weighted by Gasteiger charge is 2.35. The lowest BCUT2D eigenvalue weighted by Gasteiger charge is -2.28. The number of hydrogen-bond acceptors (Lipinski definition) is 4. The van der Waals surface area contributed by atoms with Crippen LogP contribution in [0.2, 0.25) is 0 Å². The number of likely N-dealkylation sites (tertiary alicyclic amines) is 1. The fourth-order valence-corrected chi connectivity index (χ4v) is 6.99. The molecule has 37 heavy (non-hydrogen) atoms. The molecule has 2 unspecified atom stereocenters. The van der Waals surface area contributed by atoms with E-state index >= 15 is 0 Å². The molecular formula is C26H29F3N5O2S+. The zero-order valence-corrected chi connectivity index (χ0v) is 21.3. The van der Waals surface area contributed by atoms with Crippen LogP contribution in [-0.2, 0) is 23.9 Å². The van der Waals surface area contributed by atoms with Crippen LogP contribution in [0, 0.1) is 6.92 Å². The summed E-state index contributed by atoms with van der Waals surface area (Å²) in [5, 5.41) is 8.93. The van der Waals surface area contributed by atoms with E-state index in [1.54, 1.807) is 4.90 Å². The Labute approximate surface area is 215 Å². The number of nitrogens with one attached hydrogen (secondary N) is 1. The van der Waals surface area contributed by atoms with Gasteiger partial charge in [-0.3, -0.25) is 14.3 Å². The summed E-state index contributed by atoms with van der Waals surface area (Å²) in [6.07, 6.45) is -0.0687. The van der Waals surface area contributed by atoms with Crippen molar-refractivity contribution in [3.8, 4) is 0 Å². The van der Waals surface area contributed by atoms with Gasteiger partial charge in [0.25, 0.3) is 5.91 Å². The predicted molar refractivity (Wildman–Crippen MR) is 133 cm³/mol. The Kier molecular flexibility index (Phi) is 7.06. The number of carbonyl (C=O) groups is 2. The lowest BCUT2D eigenvalue weighted by molar-refractivity contribution is -0.142. The number of alkyl halides is 3. The fraction of sp³-hybridized carbons (Fsp3) is 0.462. The van der Waals surface area contributed by atoms with Gasteiger partial charge in [0.1, 0.15) is 11.8 Å². The van der Waals surface area contributed by atoms with E-state index < -0.39 is 11.9 Å². The quantitative estimate of drug-likeness (QED) is 0.468. The van der Waals surface area contributed by atoms with E-state index in [-0.39, 0.29) is 40.1 Å². The normalized spacial score (nSPS) is 19.0. The first kappa shape index (κ1) is 25.4. The summed E-state index contributed by atoms with van der Waals surface area (Å²) in [7, 11) is -0.288. The second-order valence-electron chi connectivity index (χ2n) is 9.67. The van der Waals surface area contributed by atoms with Crippen molar-refractivity contribution < 1.29 is 22.8 Å². The molecule has 1 saturated heterocycles. The van der Waals surface area contributed by atoms with Crippen molar-refractivity contribution in [2.24, 2.45) is 0 Å². The fourth-order valence-electron chi connectivity index (χ4n) is 5.15. The number of aromatic nitrogens is 3. The minimum absolute atomic E-state index is 0.00387. The average Bonchev–Trinajstić information content (AvgIpc) is 3.52. The van der Waals surface area contributed by atoms with E-state index in [9.17, 15) is 22.8 Å². The molecular weight excluding hydrogens is 503 g/mol. The van der Waals surface area contributed by atoms with Gasteiger partial charge < -0.3 is 10.2 Å². The van der Waals surface area contributed by atoms with Gasteiger partial charge in [0, 0.05) is 42.1 Å². The van der Waals surface area contributed by atoms with Crippen LogP contribution in [0.3, 0.4) is 0 Å². The van der Waals surface area contributed by atoms with Gasteiger partial charge in [0.2, 0.25) is 11.4 Å². The molecule has 2 aromatic heterocycles. The third-order valence-corrected chi connectivity index (χ3v) is 9.29. The number of rotatable bonds is 5. The number of hydrogen-bond donors (Lipinski definition) is 1. The van der Waals surface area contributed by atoms with Gasteiger partial charge in [-0.2, -0.15) is 23.3 Å². The smallest absolute Gasteiger partial charge is 0.344 e. The van der Waals surface area contributed by atoms with Crippen LogP contribution in [0.5, 0.6) is 0 Å². The lowest BCUT2D eigenvalue weighted by atomic mass is 9.88. The molecule has 2 amide bonds. The second-order valence-corrected chi connectivity index (χ2v) is 11.6. The second kappa shape index (κ2) is 10.3. The minimum atomic E-state index is -4.54. The summed E-state index contributed by atoms with van der Waals surface area (Å²) in [6, 6.07) is 9.17. The third-order valence-electron chi connectivity index (χ3n) is 7.20. The van der Waals surface area contributed by atoms with Crippen LogP contribution >= 0.6 is 10.5 Å². The summed E-state index contributed by atoms with van der Waals surface area (Å²) in [6.45, 7) is 2.33. The summed E-state index contributed by atoms with van der Waals surface area (Å²) >= 11 is 0. The molecule has 0 radical (unpaired) electrons. The van der Waals surface area contributed by atoms with Crippen molar-refractivity contribution in [2.75, 3.05) is 13.1 Å². The molecule has 1 aliphatic heterocycles. The Morgan fingerprint density at radius 1 is 1.16 bits per heavy atom.